The topological polar surface area (TPSA) is 161 Å². The van der Waals surface area contributed by atoms with E-state index in [4.69, 9.17) is 9.57 Å². The van der Waals surface area contributed by atoms with E-state index < -0.39 is 36.0 Å². The molecular formula is C43H54N4O8. The summed E-state index contributed by atoms with van der Waals surface area (Å²) in [6.45, 7) is 8.17. The largest absolute Gasteiger partial charge is 0.496 e. The number of nitrogens with zero attached hydrogens (tertiary/aromatic N) is 3. The molecule has 2 amide bonds. The number of hydrogen-bond acceptors (Lipinski definition) is 9. The number of hydroxylamine groups is 2. The number of nitrogens with one attached hydrogen (secondary N) is 1. The van der Waals surface area contributed by atoms with Crippen molar-refractivity contribution in [1.82, 2.24) is 10.4 Å². The third-order valence-electron chi connectivity index (χ3n) is 12.4. The first-order valence-corrected chi connectivity index (χ1v) is 19.0. The predicted molar refractivity (Wildman–Crippen MR) is 210 cm³/mol. The van der Waals surface area contributed by atoms with E-state index in [2.05, 4.69) is 31.1 Å². The zero-order valence-corrected chi connectivity index (χ0v) is 32.7. The fourth-order valence-electron chi connectivity index (χ4n) is 9.12. The molecule has 3 aromatic rings. The van der Waals surface area contributed by atoms with Crippen LogP contribution in [0.1, 0.15) is 62.0 Å². The van der Waals surface area contributed by atoms with Crippen molar-refractivity contribution in [2.24, 2.45) is 34.1 Å². The number of rotatable bonds is 13. The lowest BCUT2D eigenvalue weighted by atomic mass is 9.45. The van der Waals surface area contributed by atoms with Gasteiger partial charge in [-0.3, -0.25) is 14.4 Å². The summed E-state index contributed by atoms with van der Waals surface area (Å²) in [4.78, 5) is 52.1. The van der Waals surface area contributed by atoms with E-state index in [-0.39, 0.29) is 48.2 Å². The molecule has 4 N–H and O–H groups in total. The number of aliphatic imine (C=N–C) groups is 1. The van der Waals surface area contributed by atoms with Crippen LogP contribution in [0, 0.1) is 29.1 Å². The number of fused-ring (bicyclic) bond motifs is 2. The number of anilines is 1. The highest BCUT2D eigenvalue weighted by atomic mass is 16.7. The lowest BCUT2D eigenvalue weighted by molar-refractivity contribution is -0.183. The third kappa shape index (κ3) is 8.05. The maximum absolute atomic E-state index is 14.2. The first-order chi connectivity index (χ1) is 26.1. The summed E-state index contributed by atoms with van der Waals surface area (Å²) in [6.07, 6.45) is 0.320. The number of aliphatic hydroxyl groups is 2. The molecule has 7 rings (SSSR count). The number of methoxy groups -OCH3 is 1. The van der Waals surface area contributed by atoms with E-state index in [9.17, 15) is 29.7 Å². The minimum absolute atomic E-state index is 0.00180. The maximum atomic E-state index is 14.2. The third-order valence-corrected chi connectivity index (χ3v) is 12.4. The SMILES string of the molecule is COc1c(CN2O[C@@H](CO)[C@@H]([C@H](C)O)[C@H]2C(=O)N[C@H]2C[C@H]3C[C@@H]([C@@H]2C)C3(C)C)cccc1-c1cc(C(=O)/N=C(/Cc2ccccc2)C(=O)O)cc(N(C)C)c1. The van der Waals surface area contributed by atoms with Crippen LogP contribution >= 0.6 is 0 Å². The van der Waals surface area contributed by atoms with Crippen LogP contribution in [0.4, 0.5) is 5.69 Å². The van der Waals surface area contributed by atoms with Gasteiger partial charge in [-0.1, -0.05) is 69.3 Å². The summed E-state index contributed by atoms with van der Waals surface area (Å²) in [6, 6.07) is 18.9. The summed E-state index contributed by atoms with van der Waals surface area (Å²) in [5.41, 5.74) is 3.54. The van der Waals surface area contributed by atoms with E-state index in [0.717, 1.165) is 12.0 Å². The number of benzene rings is 3. The normalized spacial score (nSPS) is 26.5. The van der Waals surface area contributed by atoms with Crippen LogP contribution in [0.2, 0.25) is 0 Å². The summed E-state index contributed by atoms with van der Waals surface area (Å²) >= 11 is 0. The number of carboxylic acid groups (broad SMARTS) is 1. The average Bonchev–Trinajstić information content (AvgIpc) is 3.53. The van der Waals surface area contributed by atoms with Crippen molar-refractivity contribution in [1.29, 1.82) is 0 Å². The van der Waals surface area contributed by atoms with Gasteiger partial charge in [-0.2, -0.15) is 5.06 Å². The second-order valence-electron chi connectivity index (χ2n) is 16.2. The number of carbonyl (C=O) groups is 3. The van der Waals surface area contributed by atoms with E-state index in [1.807, 2.05) is 49.3 Å². The van der Waals surface area contributed by atoms with Gasteiger partial charge in [-0.05, 0) is 72.3 Å². The number of carbonyl (C=O) groups excluding carboxylic acids is 2. The van der Waals surface area contributed by atoms with E-state index in [1.54, 1.807) is 55.5 Å². The highest BCUT2D eigenvalue weighted by Gasteiger charge is 2.57. The monoisotopic (exact) mass is 754 g/mol. The molecule has 2 bridgehead atoms. The Morgan fingerprint density at radius 1 is 1.07 bits per heavy atom. The Balaban J connectivity index is 1.31. The first kappa shape index (κ1) is 40.1. The van der Waals surface area contributed by atoms with Gasteiger partial charge < -0.3 is 30.3 Å². The molecule has 1 saturated heterocycles. The quantitative estimate of drug-likeness (QED) is 0.175. The average molecular weight is 755 g/mol. The zero-order valence-electron chi connectivity index (χ0n) is 32.7. The van der Waals surface area contributed by atoms with Crippen LogP contribution in [0.3, 0.4) is 0 Å². The van der Waals surface area contributed by atoms with Crippen LogP contribution in [0.15, 0.2) is 71.7 Å². The van der Waals surface area contributed by atoms with Crippen LogP contribution in [-0.4, -0.2) is 96.0 Å². The van der Waals surface area contributed by atoms with Gasteiger partial charge in [0.25, 0.3) is 5.91 Å². The molecule has 3 saturated carbocycles. The Morgan fingerprint density at radius 3 is 2.40 bits per heavy atom. The summed E-state index contributed by atoms with van der Waals surface area (Å²) in [5, 5.41) is 36.0. The van der Waals surface area contributed by atoms with Crippen LogP contribution < -0.4 is 15.0 Å². The molecule has 3 aliphatic carbocycles. The Labute approximate surface area is 323 Å². The maximum Gasteiger partial charge on any atom is 0.350 e. The van der Waals surface area contributed by atoms with Crippen molar-refractivity contribution in [2.45, 2.75) is 77.8 Å². The second-order valence-corrected chi connectivity index (χ2v) is 16.2. The van der Waals surface area contributed by atoms with Crippen LogP contribution in [-0.2, 0) is 27.4 Å². The second kappa shape index (κ2) is 16.2. The molecule has 1 aliphatic heterocycles. The minimum Gasteiger partial charge on any atom is -0.496 e. The van der Waals surface area contributed by atoms with Crippen molar-refractivity contribution in [3.63, 3.8) is 0 Å². The molecule has 55 heavy (non-hydrogen) atoms. The Kier molecular flexibility index (Phi) is 11.8. The fourth-order valence-corrected chi connectivity index (χ4v) is 9.12. The molecule has 0 radical (unpaired) electrons. The van der Waals surface area contributed by atoms with Gasteiger partial charge in [-0.15, -0.1) is 0 Å². The van der Waals surface area contributed by atoms with E-state index in [0.29, 0.717) is 45.9 Å². The van der Waals surface area contributed by atoms with Gasteiger partial charge in [0.05, 0.1) is 26.4 Å². The highest BCUT2D eigenvalue weighted by molar-refractivity contribution is 6.38. The van der Waals surface area contributed by atoms with Gasteiger partial charge >= 0.3 is 5.97 Å². The minimum atomic E-state index is -1.28. The summed E-state index contributed by atoms with van der Waals surface area (Å²) in [5.74, 6) is -1.06. The predicted octanol–water partition coefficient (Wildman–Crippen LogP) is 5.00. The number of amides is 2. The molecule has 3 aromatic carbocycles. The number of para-hydroxylation sites is 1. The van der Waals surface area contributed by atoms with Gasteiger partial charge in [0.1, 0.15) is 23.6 Å². The molecule has 0 aromatic heterocycles. The molecule has 1 heterocycles. The van der Waals surface area contributed by atoms with Crippen molar-refractivity contribution in [2.75, 3.05) is 32.7 Å². The van der Waals surface area contributed by atoms with Crippen molar-refractivity contribution in [3.05, 3.63) is 83.4 Å². The van der Waals surface area contributed by atoms with Crippen molar-refractivity contribution < 1.29 is 39.3 Å². The molecule has 8 atom stereocenters. The smallest absolute Gasteiger partial charge is 0.350 e. The molecule has 4 aliphatic rings. The van der Waals surface area contributed by atoms with E-state index >= 15 is 0 Å². The lowest BCUT2D eigenvalue weighted by Crippen LogP contribution is -2.62. The van der Waals surface area contributed by atoms with Gasteiger partial charge in [0.2, 0.25) is 5.91 Å². The zero-order chi connectivity index (χ0) is 39.8. The van der Waals surface area contributed by atoms with Crippen LogP contribution in [0.25, 0.3) is 11.1 Å². The number of aliphatic carboxylic acids is 1. The van der Waals surface area contributed by atoms with Crippen LogP contribution in [0.5, 0.6) is 5.75 Å². The Bertz CT molecular complexity index is 1930. The van der Waals surface area contributed by atoms with Crippen molar-refractivity contribution >= 4 is 29.2 Å². The molecule has 12 nitrogen and oxygen atoms in total. The first-order valence-electron chi connectivity index (χ1n) is 19.0. The van der Waals surface area contributed by atoms with Crippen molar-refractivity contribution in [3.8, 4) is 16.9 Å². The number of ether oxygens (including phenoxy) is 1. The Hall–Kier alpha value is -4.62. The number of aliphatic hydroxyl groups excluding tert-OH is 2. The highest BCUT2D eigenvalue weighted by Crippen LogP contribution is 2.61. The molecular weight excluding hydrogens is 700 g/mol. The standard InChI is InChI=1S/C43H54N4O8/c1-24-33-20-30(43(33,3)4)21-34(24)44-41(51)38-37(25(2)49)36(23-48)55-47(38)22-27-14-11-15-32(39(27)54-7)28-17-29(19-31(18-28)46(5)6)40(50)45-35(42(52)53)16-26-12-9-8-10-13-26/h8-15,17-19,24-25,30,33-34,36-38,48-49H,16,20-23H2,1-7H3,(H,44,51)(H,52,53)/b45-35-/t24-,25-,30+,33-,34-,36-,37+,38-/m0/s1. The van der Waals surface area contributed by atoms with Gasteiger partial charge in [0.15, 0.2) is 0 Å². The Morgan fingerprint density at radius 2 is 1.80 bits per heavy atom. The van der Waals surface area contributed by atoms with E-state index in [1.165, 1.54) is 6.42 Å². The summed E-state index contributed by atoms with van der Waals surface area (Å²) in [7, 11) is 5.22. The molecule has 4 fully saturated rings. The molecule has 294 valence electrons. The van der Waals surface area contributed by atoms with Gasteiger partial charge in [0, 0.05) is 54.9 Å². The number of hydrogen-bond donors (Lipinski definition) is 4. The fraction of sp³-hybridized carbons (Fsp3) is 0.488. The lowest BCUT2D eigenvalue weighted by Gasteiger charge is -2.62. The molecule has 0 spiro atoms. The molecule has 12 heteroatoms. The molecule has 0 unspecified atom stereocenters. The summed E-state index contributed by atoms with van der Waals surface area (Å²) < 4.78 is 6.01. The van der Waals surface area contributed by atoms with Gasteiger partial charge in [-0.25, -0.2) is 9.79 Å². The number of carboxylic acids is 1.